The lowest BCUT2D eigenvalue weighted by atomic mass is 10.1. The van der Waals surface area contributed by atoms with Crippen LogP contribution in [0.2, 0.25) is 0 Å². The second-order valence-corrected chi connectivity index (χ2v) is 9.91. The van der Waals surface area contributed by atoms with Gasteiger partial charge in [0.15, 0.2) is 11.5 Å². The molecule has 2 N–H and O–H groups in total. The number of rotatable bonds is 9. The molecule has 1 aromatic carbocycles. The van der Waals surface area contributed by atoms with Gasteiger partial charge < -0.3 is 5.32 Å². The zero-order valence-corrected chi connectivity index (χ0v) is 19.0. The standard InChI is InChI=1S/C20H24FN5O3S2/c1-13(2)25-31(28,29)14-7-8-16(21)15(12-14)20(27)22-17(9-11-30-3)19-24-23-18-6-4-5-10-26(18)19/h4-8,10,12-13,17,25H,9,11H2,1-3H3,(H,22,27). The number of halogens is 1. The number of carbonyl (C=O) groups excluding carboxylic acids is 1. The van der Waals surface area contributed by atoms with Gasteiger partial charge in [0.25, 0.3) is 5.91 Å². The van der Waals surface area contributed by atoms with Gasteiger partial charge in [-0.25, -0.2) is 17.5 Å². The first-order valence-electron chi connectivity index (χ1n) is 9.64. The van der Waals surface area contributed by atoms with Crippen LogP contribution in [0.25, 0.3) is 5.65 Å². The van der Waals surface area contributed by atoms with Gasteiger partial charge in [0.05, 0.1) is 16.5 Å². The number of carbonyl (C=O) groups is 1. The average Bonchev–Trinajstić information content (AvgIpc) is 3.14. The minimum atomic E-state index is -3.87. The van der Waals surface area contributed by atoms with Crippen LogP contribution >= 0.6 is 11.8 Å². The summed E-state index contributed by atoms with van der Waals surface area (Å²) in [5.74, 6) is -0.292. The summed E-state index contributed by atoms with van der Waals surface area (Å²) < 4.78 is 43.5. The lowest BCUT2D eigenvalue weighted by Crippen LogP contribution is -2.32. The highest BCUT2D eigenvalue weighted by molar-refractivity contribution is 7.98. The molecule has 0 bridgehead atoms. The van der Waals surface area contributed by atoms with E-state index >= 15 is 0 Å². The van der Waals surface area contributed by atoms with E-state index in [1.54, 1.807) is 42.3 Å². The largest absolute Gasteiger partial charge is 0.342 e. The van der Waals surface area contributed by atoms with Gasteiger partial charge in [0, 0.05) is 12.2 Å². The Morgan fingerprint density at radius 1 is 1.23 bits per heavy atom. The zero-order chi connectivity index (χ0) is 22.6. The minimum absolute atomic E-state index is 0.179. The van der Waals surface area contributed by atoms with E-state index in [4.69, 9.17) is 0 Å². The first-order valence-corrected chi connectivity index (χ1v) is 12.5. The number of hydrogen-bond donors (Lipinski definition) is 2. The molecule has 1 unspecified atom stereocenters. The van der Waals surface area contributed by atoms with Crippen LogP contribution in [-0.4, -0.2) is 47.0 Å². The second kappa shape index (κ2) is 9.75. The maximum Gasteiger partial charge on any atom is 0.254 e. The fourth-order valence-corrected chi connectivity index (χ4v) is 4.81. The molecule has 0 fully saturated rings. The van der Waals surface area contributed by atoms with E-state index < -0.39 is 27.8 Å². The first kappa shape index (κ1) is 23.2. The summed E-state index contributed by atoms with van der Waals surface area (Å²) in [4.78, 5) is 12.8. The molecule has 31 heavy (non-hydrogen) atoms. The monoisotopic (exact) mass is 465 g/mol. The van der Waals surface area contributed by atoms with Crippen molar-refractivity contribution in [3.63, 3.8) is 0 Å². The molecule has 2 aromatic heterocycles. The van der Waals surface area contributed by atoms with Crippen LogP contribution in [0, 0.1) is 5.82 Å². The third-order valence-corrected chi connectivity index (χ3v) is 6.75. The van der Waals surface area contributed by atoms with E-state index in [1.165, 1.54) is 0 Å². The van der Waals surface area contributed by atoms with Gasteiger partial charge in [-0.05, 0) is 62.6 Å². The molecule has 0 aliphatic carbocycles. The van der Waals surface area contributed by atoms with Crippen LogP contribution in [0.15, 0.2) is 47.5 Å². The number of nitrogens with one attached hydrogen (secondary N) is 2. The Bertz CT molecular complexity index is 1180. The Morgan fingerprint density at radius 3 is 2.71 bits per heavy atom. The van der Waals surface area contributed by atoms with Gasteiger partial charge >= 0.3 is 0 Å². The van der Waals surface area contributed by atoms with Gasteiger partial charge in [-0.2, -0.15) is 11.8 Å². The molecule has 0 saturated heterocycles. The van der Waals surface area contributed by atoms with Crippen LogP contribution in [0.5, 0.6) is 0 Å². The van der Waals surface area contributed by atoms with Gasteiger partial charge in [0.2, 0.25) is 10.0 Å². The smallest absolute Gasteiger partial charge is 0.254 e. The molecule has 3 rings (SSSR count). The van der Waals surface area contributed by atoms with Crippen LogP contribution < -0.4 is 10.0 Å². The van der Waals surface area contributed by atoms with Crippen molar-refractivity contribution in [3.8, 4) is 0 Å². The molecule has 166 valence electrons. The molecular weight excluding hydrogens is 441 g/mol. The molecule has 0 saturated carbocycles. The fourth-order valence-electron chi connectivity index (χ4n) is 3.06. The number of pyridine rings is 1. The average molecular weight is 466 g/mol. The summed E-state index contributed by atoms with van der Waals surface area (Å²) >= 11 is 1.60. The molecule has 0 aliphatic rings. The van der Waals surface area contributed by atoms with E-state index in [9.17, 15) is 17.6 Å². The topological polar surface area (TPSA) is 105 Å². The molecular formula is C20H24FN5O3S2. The minimum Gasteiger partial charge on any atom is -0.342 e. The van der Waals surface area contributed by atoms with E-state index in [1.807, 2.05) is 18.4 Å². The number of nitrogens with zero attached hydrogens (tertiary/aromatic N) is 3. The van der Waals surface area contributed by atoms with Gasteiger partial charge in [-0.3, -0.25) is 9.20 Å². The van der Waals surface area contributed by atoms with Gasteiger partial charge in [0.1, 0.15) is 5.82 Å². The van der Waals surface area contributed by atoms with Crippen molar-refractivity contribution in [3.05, 3.63) is 59.8 Å². The van der Waals surface area contributed by atoms with Crippen LogP contribution in [0.3, 0.4) is 0 Å². The van der Waals surface area contributed by atoms with E-state index in [2.05, 4.69) is 20.2 Å². The number of hydrogen-bond acceptors (Lipinski definition) is 6. The molecule has 1 amide bonds. The normalized spacial score (nSPS) is 12.9. The maximum absolute atomic E-state index is 14.5. The third-order valence-electron chi connectivity index (χ3n) is 4.45. The highest BCUT2D eigenvalue weighted by Gasteiger charge is 2.24. The number of fused-ring (bicyclic) bond motifs is 1. The Morgan fingerprint density at radius 2 is 2.00 bits per heavy atom. The number of thioether (sulfide) groups is 1. The summed E-state index contributed by atoms with van der Waals surface area (Å²) in [5, 5.41) is 11.1. The molecule has 8 nitrogen and oxygen atoms in total. The number of amides is 1. The zero-order valence-electron chi connectivity index (χ0n) is 17.4. The van der Waals surface area contributed by atoms with Crippen molar-refractivity contribution in [2.75, 3.05) is 12.0 Å². The van der Waals surface area contributed by atoms with Gasteiger partial charge in [-0.1, -0.05) is 6.07 Å². The maximum atomic E-state index is 14.5. The van der Waals surface area contributed by atoms with E-state index in [0.717, 1.165) is 24.0 Å². The van der Waals surface area contributed by atoms with Crippen molar-refractivity contribution in [1.82, 2.24) is 24.6 Å². The quantitative estimate of drug-likeness (QED) is 0.503. The molecule has 0 spiro atoms. The highest BCUT2D eigenvalue weighted by atomic mass is 32.2. The molecule has 3 aromatic rings. The first-order chi connectivity index (χ1) is 14.7. The molecule has 0 radical (unpaired) electrons. The Kier molecular flexibility index (Phi) is 7.29. The van der Waals surface area contributed by atoms with E-state index in [-0.39, 0.29) is 16.5 Å². The summed E-state index contributed by atoms with van der Waals surface area (Å²) in [6.07, 6.45) is 4.27. The summed E-state index contributed by atoms with van der Waals surface area (Å²) in [6, 6.07) is 7.72. The Hall–Kier alpha value is -2.50. The molecule has 0 aliphatic heterocycles. The van der Waals surface area contributed by atoms with Crippen molar-refractivity contribution in [2.45, 2.75) is 37.2 Å². The third kappa shape index (κ3) is 5.41. The fraction of sp³-hybridized carbons (Fsp3) is 0.350. The van der Waals surface area contributed by atoms with Crippen molar-refractivity contribution >= 4 is 33.3 Å². The lowest BCUT2D eigenvalue weighted by molar-refractivity contribution is 0.0929. The number of aromatic nitrogens is 3. The van der Waals surface area contributed by atoms with Crippen LogP contribution in [-0.2, 0) is 10.0 Å². The summed E-state index contributed by atoms with van der Waals surface area (Å²) in [6.45, 7) is 3.35. The number of benzene rings is 1. The number of sulfonamides is 1. The lowest BCUT2D eigenvalue weighted by Gasteiger charge is -2.18. The van der Waals surface area contributed by atoms with Crippen LogP contribution in [0.4, 0.5) is 4.39 Å². The predicted molar refractivity (Wildman–Crippen MR) is 118 cm³/mol. The summed E-state index contributed by atoms with van der Waals surface area (Å²) in [5.41, 5.74) is 0.273. The van der Waals surface area contributed by atoms with E-state index in [0.29, 0.717) is 17.9 Å². The highest BCUT2D eigenvalue weighted by Crippen LogP contribution is 2.21. The van der Waals surface area contributed by atoms with Crippen molar-refractivity contribution in [2.24, 2.45) is 0 Å². The Labute approximate surface area is 184 Å². The molecule has 1 atom stereocenters. The van der Waals surface area contributed by atoms with Gasteiger partial charge in [-0.15, -0.1) is 10.2 Å². The SMILES string of the molecule is CSCCC(NC(=O)c1cc(S(=O)(=O)NC(C)C)ccc1F)c1nnc2ccccn12. The summed E-state index contributed by atoms with van der Waals surface area (Å²) in [7, 11) is -3.87. The predicted octanol–water partition coefficient (Wildman–Crippen LogP) is 2.78. The molecule has 2 heterocycles. The Balaban J connectivity index is 1.92. The van der Waals surface area contributed by atoms with Crippen LogP contribution in [0.1, 0.15) is 42.5 Å². The van der Waals surface area contributed by atoms with Crippen molar-refractivity contribution < 1.29 is 17.6 Å². The molecule has 11 heteroatoms. The second-order valence-electron chi connectivity index (χ2n) is 7.21. The van der Waals surface area contributed by atoms with Crippen molar-refractivity contribution in [1.29, 1.82) is 0 Å².